The lowest BCUT2D eigenvalue weighted by atomic mass is 10.0. The zero-order valence-corrected chi connectivity index (χ0v) is 11.8. The van der Waals surface area contributed by atoms with Gasteiger partial charge in [-0.15, -0.1) is 0 Å². The molecule has 0 radical (unpaired) electrons. The van der Waals surface area contributed by atoms with Gasteiger partial charge >= 0.3 is 0 Å². The van der Waals surface area contributed by atoms with Crippen LogP contribution in [0, 0.1) is 5.82 Å². The Kier molecular flexibility index (Phi) is 4.56. The second-order valence-corrected chi connectivity index (χ2v) is 5.26. The summed E-state index contributed by atoms with van der Waals surface area (Å²) in [5, 5.41) is 4.06. The van der Waals surface area contributed by atoms with Crippen LogP contribution < -0.4 is 5.32 Å². The van der Waals surface area contributed by atoms with E-state index in [4.69, 9.17) is 11.6 Å². The molecule has 2 aromatic carbocycles. The first-order valence-corrected chi connectivity index (χ1v) is 6.72. The number of nitrogens with one attached hydrogen (secondary N) is 1. The Morgan fingerprint density at radius 2 is 1.84 bits per heavy atom. The highest BCUT2D eigenvalue weighted by Gasteiger charge is 2.05. The van der Waals surface area contributed by atoms with E-state index in [0.717, 1.165) is 21.7 Å². The van der Waals surface area contributed by atoms with Crippen molar-refractivity contribution in [3.8, 4) is 11.1 Å². The summed E-state index contributed by atoms with van der Waals surface area (Å²) in [5.41, 5.74) is 2.86. The lowest BCUT2D eigenvalue weighted by molar-refractivity contribution is 0.589. The summed E-state index contributed by atoms with van der Waals surface area (Å²) in [6, 6.07) is 12.8. The zero-order chi connectivity index (χ0) is 13.8. The van der Waals surface area contributed by atoms with E-state index in [1.807, 2.05) is 24.3 Å². The second-order valence-electron chi connectivity index (χ2n) is 4.85. The summed E-state index contributed by atoms with van der Waals surface area (Å²) in [4.78, 5) is 0. The Hall–Kier alpha value is -1.38. The quantitative estimate of drug-likeness (QED) is 0.858. The summed E-state index contributed by atoms with van der Waals surface area (Å²) in [5.74, 6) is -0.227. The molecule has 0 unspecified atom stereocenters. The van der Waals surface area contributed by atoms with Gasteiger partial charge in [0.2, 0.25) is 0 Å². The van der Waals surface area contributed by atoms with Crippen LogP contribution >= 0.6 is 11.6 Å². The second kappa shape index (κ2) is 6.18. The normalized spacial score (nSPS) is 11.0. The molecule has 1 nitrogen and oxygen atoms in total. The third-order valence-electron chi connectivity index (χ3n) is 2.90. The van der Waals surface area contributed by atoms with E-state index in [-0.39, 0.29) is 5.82 Å². The molecule has 0 atom stereocenters. The third-order valence-corrected chi connectivity index (χ3v) is 3.27. The van der Waals surface area contributed by atoms with Crippen LogP contribution in [0.5, 0.6) is 0 Å². The monoisotopic (exact) mass is 277 g/mol. The molecule has 2 aromatic rings. The Balaban J connectivity index is 2.30. The minimum Gasteiger partial charge on any atom is -0.310 e. The minimum absolute atomic E-state index is 0.227. The standard InChI is InChI=1S/C16H17ClFN/c1-11(2)19-10-14-8-13(6-7-16(14)17)12-4-3-5-15(18)9-12/h3-9,11,19H,10H2,1-2H3. The van der Waals surface area contributed by atoms with Gasteiger partial charge < -0.3 is 5.32 Å². The maximum absolute atomic E-state index is 13.2. The first-order chi connectivity index (χ1) is 9.06. The summed E-state index contributed by atoms with van der Waals surface area (Å²) in [6.45, 7) is 4.88. The van der Waals surface area contributed by atoms with Crippen molar-refractivity contribution in [3.63, 3.8) is 0 Å². The highest BCUT2D eigenvalue weighted by Crippen LogP contribution is 2.25. The number of hydrogen-bond donors (Lipinski definition) is 1. The number of benzene rings is 2. The topological polar surface area (TPSA) is 12.0 Å². The highest BCUT2D eigenvalue weighted by molar-refractivity contribution is 6.31. The van der Waals surface area contributed by atoms with Gasteiger partial charge in [0, 0.05) is 17.6 Å². The zero-order valence-electron chi connectivity index (χ0n) is 11.1. The number of rotatable bonds is 4. The molecule has 0 saturated heterocycles. The van der Waals surface area contributed by atoms with Crippen molar-refractivity contribution in [1.29, 1.82) is 0 Å². The maximum Gasteiger partial charge on any atom is 0.123 e. The Labute approximate surface area is 118 Å². The van der Waals surface area contributed by atoms with Gasteiger partial charge in [0.1, 0.15) is 5.82 Å². The largest absolute Gasteiger partial charge is 0.310 e. The van der Waals surface area contributed by atoms with Crippen LogP contribution in [0.3, 0.4) is 0 Å². The molecule has 0 aliphatic carbocycles. The molecule has 100 valence electrons. The van der Waals surface area contributed by atoms with Crippen molar-refractivity contribution >= 4 is 11.6 Å². The fourth-order valence-electron chi connectivity index (χ4n) is 1.87. The number of halogens is 2. The molecule has 19 heavy (non-hydrogen) atoms. The van der Waals surface area contributed by atoms with Gasteiger partial charge in [-0.05, 0) is 41.0 Å². The Morgan fingerprint density at radius 3 is 2.53 bits per heavy atom. The minimum atomic E-state index is -0.227. The van der Waals surface area contributed by atoms with Gasteiger partial charge in [-0.1, -0.05) is 43.6 Å². The van der Waals surface area contributed by atoms with E-state index in [1.54, 1.807) is 6.07 Å². The van der Waals surface area contributed by atoms with Crippen LogP contribution in [0.1, 0.15) is 19.4 Å². The molecule has 0 aliphatic rings. The Bertz CT molecular complexity index is 566. The van der Waals surface area contributed by atoms with Crippen LogP contribution in [0.2, 0.25) is 5.02 Å². The van der Waals surface area contributed by atoms with Crippen molar-refractivity contribution < 1.29 is 4.39 Å². The molecule has 3 heteroatoms. The summed E-state index contributed by atoms with van der Waals surface area (Å²) >= 11 is 6.18. The predicted octanol–water partition coefficient (Wildman–Crippen LogP) is 4.64. The van der Waals surface area contributed by atoms with Crippen LogP contribution in [0.15, 0.2) is 42.5 Å². The lowest BCUT2D eigenvalue weighted by Gasteiger charge is -2.11. The molecule has 0 saturated carbocycles. The van der Waals surface area contributed by atoms with Crippen LogP contribution in [0.4, 0.5) is 4.39 Å². The van der Waals surface area contributed by atoms with Gasteiger partial charge in [-0.2, -0.15) is 0 Å². The van der Waals surface area contributed by atoms with E-state index >= 15 is 0 Å². The molecule has 0 bridgehead atoms. The van der Waals surface area contributed by atoms with Crippen molar-refractivity contribution in [3.05, 3.63) is 58.9 Å². The van der Waals surface area contributed by atoms with E-state index in [1.165, 1.54) is 12.1 Å². The molecule has 0 heterocycles. The van der Waals surface area contributed by atoms with Crippen LogP contribution in [0.25, 0.3) is 11.1 Å². The first kappa shape index (κ1) is 14.0. The predicted molar refractivity (Wildman–Crippen MR) is 78.8 cm³/mol. The summed E-state index contributed by atoms with van der Waals surface area (Å²) < 4.78 is 13.2. The van der Waals surface area contributed by atoms with Gasteiger partial charge in [0.15, 0.2) is 0 Å². The van der Waals surface area contributed by atoms with Gasteiger partial charge in [-0.3, -0.25) is 0 Å². The molecule has 0 aromatic heterocycles. The van der Waals surface area contributed by atoms with Gasteiger partial charge in [0.25, 0.3) is 0 Å². The smallest absolute Gasteiger partial charge is 0.123 e. The van der Waals surface area contributed by atoms with Crippen molar-refractivity contribution in [1.82, 2.24) is 5.32 Å². The van der Waals surface area contributed by atoms with Gasteiger partial charge in [0.05, 0.1) is 0 Å². The molecule has 2 rings (SSSR count). The average molecular weight is 278 g/mol. The van der Waals surface area contributed by atoms with Crippen LogP contribution in [-0.4, -0.2) is 6.04 Å². The molecule has 1 N–H and O–H groups in total. The van der Waals surface area contributed by atoms with E-state index in [2.05, 4.69) is 19.2 Å². The average Bonchev–Trinajstić information content (AvgIpc) is 2.37. The molecule has 0 aliphatic heterocycles. The van der Waals surface area contributed by atoms with Crippen LogP contribution in [-0.2, 0) is 6.54 Å². The SMILES string of the molecule is CC(C)NCc1cc(-c2cccc(F)c2)ccc1Cl. The highest BCUT2D eigenvalue weighted by atomic mass is 35.5. The molecule has 0 amide bonds. The van der Waals surface area contributed by atoms with Crippen molar-refractivity contribution in [2.45, 2.75) is 26.4 Å². The maximum atomic E-state index is 13.2. The van der Waals surface area contributed by atoms with Crippen molar-refractivity contribution in [2.24, 2.45) is 0 Å². The van der Waals surface area contributed by atoms with E-state index in [9.17, 15) is 4.39 Å². The summed E-state index contributed by atoms with van der Waals surface area (Å²) in [7, 11) is 0. The molecular weight excluding hydrogens is 261 g/mol. The van der Waals surface area contributed by atoms with E-state index < -0.39 is 0 Å². The molecule has 0 fully saturated rings. The first-order valence-electron chi connectivity index (χ1n) is 6.34. The molecular formula is C16H17ClFN. The molecule has 0 spiro atoms. The lowest BCUT2D eigenvalue weighted by Crippen LogP contribution is -2.21. The fraction of sp³-hybridized carbons (Fsp3) is 0.250. The van der Waals surface area contributed by atoms with Gasteiger partial charge in [-0.25, -0.2) is 4.39 Å². The van der Waals surface area contributed by atoms with Crippen molar-refractivity contribution in [2.75, 3.05) is 0 Å². The summed E-state index contributed by atoms with van der Waals surface area (Å²) in [6.07, 6.45) is 0. The third kappa shape index (κ3) is 3.79. The van der Waals surface area contributed by atoms with E-state index in [0.29, 0.717) is 12.6 Å². The number of hydrogen-bond acceptors (Lipinski definition) is 1. The Morgan fingerprint density at radius 1 is 1.11 bits per heavy atom. The fourth-order valence-corrected chi connectivity index (χ4v) is 2.06.